The van der Waals surface area contributed by atoms with Crippen LogP contribution in [0.3, 0.4) is 0 Å². The fourth-order valence-corrected chi connectivity index (χ4v) is 2.71. The normalized spacial score (nSPS) is 10.7. The number of amides is 1. The fourth-order valence-electron chi connectivity index (χ4n) is 2.53. The molecule has 0 aliphatic carbocycles. The highest BCUT2D eigenvalue weighted by Crippen LogP contribution is 2.29. The zero-order valence-corrected chi connectivity index (χ0v) is 17.1. The lowest BCUT2D eigenvalue weighted by Crippen LogP contribution is -2.08. The van der Waals surface area contributed by atoms with Crippen molar-refractivity contribution in [3.63, 3.8) is 0 Å². The van der Waals surface area contributed by atoms with Gasteiger partial charge in [0.1, 0.15) is 5.02 Å². The van der Waals surface area contributed by atoms with Gasteiger partial charge in [-0.2, -0.15) is 0 Å². The number of nitrogens with zero attached hydrogens (tertiary/aromatic N) is 1. The molecule has 2 rings (SSSR count). The van der Waals surface area contributed by atoms with Gasteiger partial charge < -0.3 is 14.8 Å². The summed E-state index contributed by atoms with van der Waals surface area (Å²) >= 11 is 5.77. The molecule has 0 radical (unpaired) electrons. The zero-order valence-electron chi connectivity index (χ0n) is 16.3. The maximum absolute atomic E-state index is 12.1. The SMILES string of the molecule is CCCCCOc1ccc(/C=C/C(=O)Nc2ccc(Cl)c([N+](=O)[O-])c2)cc1OC. The Morgan fingerprint density at radius 1 is 1.21 bits per heavy atom. The molecule has 2 aromatic carbocycles. The van der Waals surface area contributed by atoms with E-state index in [0.717, 1.165) is 24.8 Å². The van der Waals surface area contributed by atoms with Crippen molar-refractivity contribution in [2.75, 3.05) is 19.0 Å². The number of carbonyl (C=O) groups excluding carboxylic acids is 1. The number of anilines is 1. The van der Waals surface area contributed by atoms with Crippen LogP contribution in [-0.4, -0.2) is 24.5 Å². The van der Waals surface area contributed by atoms with Crippen LogP contribution >= 0.6 is 11.6 Å². The first-order chi connectivity index (χ1) is 13.9. The lowest BCUT2D eigenvalue weighted by atomic mass is 10.2. The Labute approximate surface area is 174 Å². The topological polar surface area (TPSA) is 90.7 Å². The minimum atomic E-state index is -0.605. The molecule has 0 saturated carbocycles. The number of nitro benzene ring substituents is 1. The number of unbranched alkanes of at least 4 members (excludes halogenated alkanes) is 2. The predicted molar refractivity (Wildman–Crippen MR) is 114 cm³/mol. The molecule has 0 fully saturated rings. The number of hydrogen-bond acceptors (Lipinski definition) is 5. The fraction of sp³-hybridized carbons (Fsp3) is 0.286. The van der Waals surface area contributed by atoms with Gasteiger partial charge in [0, 0.05) is 17.8 Å². The highest BCUT2D eigenvalue weighted by atomic mass is 35.5. The van der Waals surface area contributed by atoms with Gasteiger partial charge >= 0.3 is 0 Å². The third-order valence-electron chi connectivity index (χ3n) is 4.03. The first kappa shape index (κ1) is 22.2. The Hall–Kier alpha value is -3.06. The van der Waals surface area contributed by atoms with E-state index >= 15 is 0 Å². The largest absolute Gasteiger partial charge is 0.493 e. The first-order valence-corrected chi connectivity index (χ1v) is 9.56. The summed E-state index contributed by atoms with van der Waals surface area (Å²) in [4.78, 5) is 22.4. The second-order valence-electron chi connectivity index (χ2n) is 6.21. The summed E-state index contributed by atoms with van der Waals surface area (Å²) in [6.45, 7) is 2.75. The molecule has 0 spiro atoms. The molecule has 1 N–H and O–H groups in total. The van der Waals surface area contributed by atoms with E-state index < -0.39 is 10.8 Å². The Morgan fingerprint density at radius 3 is 2.69 bits per heavy atom. The van der Waals surface area contributed by atoms with Crippen LogP contribution in [0.2, 0.25) is 5.02 Å². The van der Waals surface area contributed by atoms with E-state index in [-0.39, 0.29) is 16.4 Å². The van der Waals surface area contributed by atoms with Gasteiger partial charge in [0.2, 0.25) is 5.91 Å². The lowest BCUT2D eigenvalue weighted by molar-refractivity contribution is -0.384. The third kappa shape index (κ3) is 6.80. The monoisotopic (exact) mass is 418 g/mol. The van der Waals surface area contributed by atoms with Crippen LogP contribution in [0.4, 0.5) is 11.4 Å². The number of hydrogen-bond donors (Lipinski definition) is 1. The molecule has 0 unspecified atom stereocenters. The molecule has 0 aliphatic heterocycles. The Bertz CT molecular complexity index is 899. The van der Waals surface area contributed by atoms with Crippen LogP contribution in [0.15, 0.2) is 42.5 Å². The lowest BCUT2D eigenvalue weighted by Gasteiger charge is -2.11. The number of rotatable bonds is 10. The Kier molecular flexibility index (Phi) is 8.48. The number of ether oxygens (including phenoxy) is 2. The van der Waals surface area contributed by atoms with E-state index in [4.69, 9.17) is 21.1 Å². The number of methoxy groups -OCH3 is 1. The average Bonchev–Trinajstić information content (AvgIpc) is 2.71. The zero-order chi connectivity index (χ0) is 21.2. The van der Waals surface area contributed by atoms with E-state index in [1.165, 1.54) is 24.3 Å². The molecule has 2 aromatic rings. The molecule has 1 amide bonds. The number of halogens is 1. The Morgan fingerprint density at radius 2 is 2.00 bits per heavy atom. The van der Waals surface area contributed by atoms with Crippen molar-refractivity contribution in [3.8, 4) is 11.5 Å². The number of carbonyl (C=O) groups is 1. The molecule has 8 heteroatoms. The van der Waals surface area contributed by atoms with Crippen LogP contribution in [0, 0.1) is 10.1 Å². The molecule has 154 valence electrons. The van der Waals surface area contributed by atoms with E-state index in [1.54, 1.807) is 25.3 Å². The number of nitrogens with one attached hydrogen (secondary N) is 1. The van der Waals surface area contributed by atoms with Crippen LogP contribution in [-0.2, 0) is 4.79 Å². The third-order valence-corrected chi connectivity index (χ3v) is 4.35. The highest BCUT2D eigenvalue weighted by molar-refractivity contribution is 6.32. The van der Waals surface area contributed by atoms with Gasteiger partial charge in [-0.15, -0.1) is 0 Å². The van der Waals surface area contributed by atoms with Gasteiger partial charge in [0.25, 0.3) is 5.69 Å². The van der Waals surface area contributed by atoms with E-state index in [9.17, 15) is 14.9 Å². The quantitative estimate of drug-likeness (QED) is 0.239. The molecule has 0 atom stereocenters. The molecule has 0 aromatic heterocycles. The smallest absolute Gasteiger partial charge is 0.289 e. The summed E-state index contributed by atoms with van der Waals surface area (Å²) < 4.78 is 11.1. The molecular weight excluding hydrogens is 396 g/mol. The summed E-state index contributed by atoms with van der Waals surface area (Å²) in [6.07, 6.45) is 6.15. The van der Waals surface area contributed by atoms with Gasteiger partial charge in [-0.25, -0.2) is 0 Å². The molecule has 7 nitrogen and oxygen atoms in total. The van der Waals surface area contributed by atoms with Crippen molar-refractivity contribution >= 4 is 35.0 Å². The minimum Gasteiger partial charge on any atom is -0.493 e. The number of benzene rings is 2. The first-order valence-electron chi connectivity index (χ1n) is 9.18. The van der Waals surface area contributed by atoms with Crippen molar-refractivity contribution in [2.45, 2.75) is 26.2 Å². The van der Waals surface area contributed by atoms with Crippen LogP contribution < -0.4 is 14.8 Å². The standard InChI is InChI=1S/C21H23ClN2O5/c1-3-4-5-12-29-19-10-6-15(13-20(19)28-2)7-11-21(25)23-16-8-9-17(22)18(14-16)24(26)27/h6-11,13-14H,3-5,12H2,1-2H3,(H,23,25)/b11-7+. The van der Waals surface area contributed by atoms with E-state index in [2.05, 4.69) is 12.2 Å². The second kappa shape index (κ2) is 11.1. The minimum absolute atomic E-state index is 0.00707. The summed E-state index contributed by atoms with van der Waals surface area (Å²) in [6, 6.07) is 9.45. The maximum atomic E-state index is 12.1. The van der Waals surface area contributed by atoms with Gasteiger partial charge in [0.15, 0.2) is 11.5 Å². The van der Waals surface area contributed by atoms with Gasteiger partial charge in [-0.3, -0.25) is 14.9 Å². The molecular formula is C21H23ClN2O5. The predicted octanol–water partition coefficient (Wildman–Crippen LogP) is 5.48. The van der Waals surface area contributed by atoms with Crippen molar-refractivity contribution in [2.24, 2.45) is 0 Å². The molecule has 29 heavy (non-hydrogen) atoms. The van der Waals surface area contributed by atoms with Gasteiger partial charge in [-0.1, -0.05) is 37.4 Å². The molecule has 0 heterocycles. The molecule has 0 bridgehead atoms. The van der Waals surface area contributed by atoms with E-state index in [1.807, 2.05) is 6.07 Å². The van der Waals surface area contributed by atoms with Gasteiger partial charge in [-0.05, 0) is 42.3 Å². The van der Waals surface area contributed by atoms with Gasteiger partial charge in [0.05, 0.1) is 18.6 Å². The Balaban J connectivity index is 2.02. The van der Waals surface area contributed by atoms with Crippen molar-refractivity contribution in [1.29, 1.82) is 0 Å². The highest BCUT2D eigenvalue weighted by Gasteiger charge is 2.13. The average molecular weight is 419 g/mol. The van der Waals surface area contributed by atoms with Crippen LogP contribution in [0.25, 0.3) is 6.08 Å². The van der Waals surface area contributed by atoms with Crippen molar-refractivity contribution in [3.05, 3.63) is 63.2 Å². The number of nitro groups is 1. The maximum Gasteiger partial charge on any atom is 0.289 e. The second-order valence-corrected chi connectivity index (χ2v) is 6.62. The van der Waals surface area contributed by atoms with Crippen LogP contribution in [0.5, 0.6) is 11.5 Å². The van der Waals surface area contributed by atoms with Crippen molar-refractivity contribution < 1.29 is 19.2 Å². The molecule has 0 aliphatic rings. The van der Waals surface area contributed by atoms with E-state index in [0.29, 0.717) is 18.1 Å². The van der Waals surface area contributed by atoms with Crippen LogP contribution in [0.1, 0.15) is 31.7 Å². The summed E-state index contributed by atoms with van der Waals surface area (Å²) in [5, 5.41) is 13.5. The molecule has 0 saturated heterocycles. The summed E-state index contributed by atoms with van der Waals surface area (Å²) in [5.74, 6) is 0.802. The summed E-state index contributed by atoms with van der Waals surface area (Å²) in [7, 11) is 1.56. The summed E-state index contributed by atoms with van der Waals surface area (Å²) in [5.41, 5.74) is 0.761. The van der Waals surface area contributed by atoms with Crippen molar-refractivity contribution in [1.82, 2.24) is 0 Å².